The maximum atomic E-state index is 11.9. The van der Waals surface area contributed by atoms with E-state index in [1.807, 2.05) is 20.8 Å². The fourth-order valence-electron chi connectivity index (χ4n) is 1.91. The van der Waals surface area contributed by atoms with Gasteiger partial charge in [-0.25, -0.2) is 4.79 Å². The summed E-state index contributed by atoms with van der Waals surface area (Å²) >= 11 is 0. The number of ether oxygens (including phenoxy) is 1. The van der Waals surface area contributed by atoms with Gasteiger partial charge in [-0.1, -0.05) is 6.42 Å². The third-order valence-corrected chi connectivity index (χ3v) is 2.75. The van der Waals surface area contributed by atoms with Gasteiger partial charge in [-0.15, -0.1) is 0 Å². The Labute approximate surface area is 98.1 Å². The number of likely N-dealkylation sites (tertiary alicyclic amines) is 1. The summed E-state index contributed by atoms with van der Waals surface area (Å²) in [4.78, 5) is 13.7. The van der Waals surface area contributed by atoms with Crippen LogP contribution in [0, 0.1) is 5.92 Å². The molecule has 0 bridgehead atoms. The van der Waals surface area contributed by atoms with E-state index in [1.54, 1.807) is 4.90 Å². The predicted molar refractivity (Wildman–Crippen MR) is 64.2 cm³/mol. The fraction of sp³-hybridized carbons (Fsp3) is 0.917. The van der Waals surface area contributed by atoms with Crippen LogP contribution >= 0.6 is 0 Å². The fourth-order valence-corrected chi connectivity index (χ4v) is 1.91. The van der Waals surface area contributed by atoms with Gasteiger partial charge in [0.05, 0.1) is 0 Å². The van der Waals surface area contributed by atoms with E-state index in [-0.39, 0.29) is 6.09 Å². The van der Waals surface area contributed by atoms with Crippen molar-refractivity contribution in [2.75, 3.05) is 19.6 Å². The average molecular weight is 228 g/mol. The highest BCUT2D eigenvalue weighted by Crippen LogP contribution is 2.18. The van der Waals surface area contributed by atoms with Crippen LogP contribution in [0.4, 0.5) is 4.79 Å². The lowest BCUT2D eigenvalue weighted by atomic mass is 10.0. The Morgan fingerprint density at radius 1 is 1.44 bits per heavy atom. The lowest BCUT2D eigenvalue weighted by Crippen LogP contribution is -2.40. The Kier molecular flexibility index (Phi) is 4.59. The van der Waals surface area contributed by atoms with Crippen molar-refractivity contribution in [2.45, 2.75) is 45.6 Å². The quantitative estimate of drug-likeness (QED) is 0.746. The first kappa shape index (κ1) is 13.3. The molecule has 0 spiro atoms. The molecule has 4 heteroatoms. The molecular weight excluding hydrogens is 204 g/mol. The van der Waals surface area contributed by atoms with Crippen molar-refractivity contribution in [1.29, 1.82) is 0 Å². The van der Waals surface area contributed by atoms with E-state index in [0.717, 1.165) is 32.4 Å². The molecule has 1 rings (SSSR count). The van der Waals surface area contributed by atoms with Crippen molar-refractivity contribution >= 4 is 6.09 Å². The minimum atomic E-state index is -0.415. The van der Waals surface area contributed by atoms with Gasteiger partial charge in [-0.3, -0.25) is 0 Å². The molecule has 0 unspecified atom stereocenters. The first-order valence-electron chi connectivity index (χ1n) is 6.10. The van der Waals surface area contributed by atoms with Crippen molar-refractivity contribution in [3.63, 3.8) is 0 Å². The molecule has 1 aliphatic heterocycles. The molecule has 4 nitrogen and oxygen atoms in total. The van der Waals surface area contributed by atoms with Crippen LogP contribution in [0.3, 0.4) is 0 Å². The molecule has 1 aliphatic rings. The Morgan fingerprint density at radius 3 is 2.69 bits per heavy atom. The van der Waals surface area contributed by atoms with E-state index in [4.69, 9.17) is 10.5 Å². The number of carbonyl (C=O) groups is 1. The molecule has 0 radical (unpaired) electrons. The van der Waals surface area contributed by atoms with Crippen LogP contribution in [-0.2, 0) is 4.74 Å². The molecule has 0 saturated carbocycles. The van der Waals surface area contributed by atoms with Gasteiger partial charge in [0.2, 0.25) is 0 Å². The molecule has 1 fully saturated rings. The van der Waals surface area contributed by atoms with Crippen molar-refractivity contribution in [3.8, 4) is 0 Å². The van der Waals surface area contributed by atoms with Crippen LogP contribution in [0.5, 0.6) is 0 Å². The number of carbonyl (C=O) groups excluding carboxylic acids is 1. The summed E-state index contributed by atoms with van der Waals surface area (Å²) in [7, 11) is 0. The Morgan fingerprint density at radius 2 is 2.12 bits per heavy atom. The molecule has 0 aliphatic carbocycles. The number of hydrogen-bond donors (Lipinski definition) is 1. The molecule has 0 aromatic carbocycles. The van der Waals surface area contributed by atoms with E-state index >= 15 is 0 Å². The first-order valence-corrected chi connectivity index (χ1v) is 6.10. The summed E-state index contributed by atoms with van der Waals surface area (Å²) in [6, 6.07) is 0. The van der Waals surface area contributed by atoms with E-state index in [0.29, 0.717) is 12.5 Å². The lowest BCUT2D eigenvalue weighted by molar-refractivity contribution is 0.0236. The monoisotopic (exact) mass is 228 g/mol. The van der Waals surface area contributed by atoms with Crippen LogP contribution in [0.2, 0.25) is 0 Å². The normalized spacial score (nSPS) is 22.8. The van der Waals surface area contributed by atoms with Crippen molar-refractivity contribution < 1.29 is 9.53 Å². The molecule has 1 atom stereocenters. The zero-order valence-corrected chi connectivity index (χ0v) is 10.7. The maximum absolute atomic E-state index is 11.9. The first-order chi connectivity index (χ1) is 7.42. The van der Waals surface area contributed by atoms with Gasteiger partial charge >= 0.3 is 6.09 Å². The average Bonchev–Trinajstić information content (AvgIpc) is 2.39. The second-order valence-corrected chi connectivity index (χ2v) is 5.52. The van der Waals surface area contributed by atoms with Crippen LogP contribution in [0.15, 0.2) is 0 Å². The summed E-state index contributed by atoms with van der Waals surface area (Å²) in [5.41, 5.74) is 5.27. The van der Waals surface area contributed by atoms with Crippen LogP contribution in [0.1, 0.15) is 40.0 Å². The summed E-state index contributed by atoms with van der Waals surface area (Å²) < 4.78 is 5.37. The van der Waals surface area contributed by atoms with Crippen molar-refractivity contribution in [2.24, 2.45) is 11.7 Å². The second-order valence-electron chi connectivity index (χ2n) is 5.52. The van der Waals surface area contributed by atoms with Gasteiger partial charge in [0.25, 0.3) is 0 Å². The number of rotatable bonds is 1. The standard InChI is InChI=1S/C12H24N2O2/c1-12(2,3)16-11(15)14-7-5-4-6-10(8-13)9-14/h10H,4-9,13H2,1-3H3/t10-/m1/s1. The summed E-state index contributed by atoms with van der Waals surface area (Å²) in [5.74, 6) is 0.426. The Balaban J connectivity index is 2.53. The molecule has 1 amide bonds. The van der Waals surface area contributed by atoms with Crippen molar-refractivity contribution in [1.82, 2.24) is 4.90 Å². The number of amides is 1. The highest BCUT2D eigenvalue weighted by atomic mass is 16.6. The molecule has 1 saturated heterocycles. The Bertz CT molecular complexity index is 236. The molecule has 0 aromatic rings. The van der Waals surface area contributed by atoms with Gasteiger partial charge in [-0.2, -0.15) is 0 Å². The van der Waals surface area contributed by atoms with E-state index < -0.39 is 5.60 Å². The molecule has 2 N–H and O–H groups in total. The van der Waals surface area contributed by atoms with Crippen molar-refractivity contribution in [3.05, 3.63) is 0 Å². The zero-order chi connectivity index (χ0) is 12.2. The Hall–Kier alpha value is -0.770. The van der Waals surface area contributed by atoms with Gasteiger partial charge in [0.1, 0.15) is 5.60 Å². The minimum Gasteiger partial charge on any atom is -0.444 e. The molecule has 94 valence electrons. The smallest absolute Gasteiger partial charge is 0.410 e. The molecule has 0 aromatic heterocycles. The highest BCUT2D eigenvalue weighted by Gasteiger charge is 2.25. The van der Waals surface area contributed by atoms with E-state index in [1.165, 1.54) is 0 Å². The van der Waals surface area contributed by atoms with Crippen LogP contribution in [0.25, 0.3) is 0 Å². The lowest BCUT2D eigenvalue weighted by Gasteiger charge is -2.28. The van der Waals surface area contributed by atoms with Crippen LogP contribution in [-0.4, -0.2) is 36.2 Å². The van der Waals surface area contributed by atoms with Crippen LogP contribution < -0.4 is 5.73 Å². The van der Waals surface area contributed by atoms with Gasteiger partial charge in [0, 0.05) is 13.1 Å². The number of nitrogens with zero attached hydrogens (tertiary/aromatic N) is 1. The van der Waals surface area contributed by atoms with Gasteiger partial charge < -0.3 is 15.4 Å². The summed E-state index contributed by atoms with van der Waals surface area (Å²) in [5, 5.41) is 0. The third-order valence-electron chi connectivity index (χ3n) is 2.75. The van der Waals surface area contributed by atoms with Gasteiger partial charge in [-0.05, 0) is 46.1 Å². The number of hydrogen-bond acceptors (Lipinski definition) is 3. The SMILES string of the molecule is CC(C)(C)OC(=O)N1CCCC[C@H](CN)C1. The van der Waals surface area contributed by atoms with Gasteiger partial charge in [0.15, 0.2) is 0 Å². The zero-order valence-electron chi connectivity index (χ0n) is 10.7. The summed E-state index contributed by atoms with van der Waals surface area (Å²) in [6.07, 6.45) is 3.13. The summed E-state index contributed by atoms with van der Waals surface area (Å²) in [6.45, 7) is 7.87. The molecular formula is C12H24N2O2. The highest BCUT2D eigenvalue weighted by molar-refractivity contribution is 5.68. The topological polar surface area (TPSA) is 55.6 Å². The minimum absolute atomic E-state index is 0.201. The second kappa shape index (κ2) is 5.53. The molecule has 1 heterocycles. The van der Waals surface area contributed by atoms with E-state index in [2.05, 4.69) is 0 Å². The number of nitrogens with two attached hydrogens (primary N) is 1. The third kappa shape index (κ3) is 4.39. The maximum Gasteiger partial charge on any atom is 0.410 e. The molecule has 16 heavy (non-hydrogen) atoms. The van der Waals surface area contributed by atoms with E-state index in [9.17, 15) is 4.79 Å². The largest absolute Gasteiger partial charge is 0.444 e. The predicted octanol–water partition coefficient (Wildman–Crippen LogP) is 1.98.